The number of aromatic amines is 1. The van der Waals surface area contributed by atoms with Crippen LogP contribution in [0.15, 0.2) is 36.5 Å². The van der Waals surface area contributed by atoms with Crippen LogP contribution >= 0.6 is 7.60 Å². The molecule has 0 saturated carbocycles. The van der Waals surface area contributed by atoms with Gasteiger partial charge in [0.25, 0.3) is 0 Å². The maximum Gasteiger partial charge on any atom is 0.336 e. The predicted molar refractivity (Wildman–Crippen MR) is 88.2 cm³/mol. The Kier molecular flexibility index (Phi) is 4.30. The highest BCUT2D eigenvalue weighted by Gasteiger charge is 2.25. The van der Waals surface area contributed by atoms with Crippen molar-refractivity contribution in [3.8, 4) is 0 Å². The van der Waals surface area contributed by atoms with Crippen LogP contribution in [0.2, 0.25) is 0 Å². The third-order valence-corrected chi connectivity index (χ3v) is 5.47. The van der Waals surface area contributed by atoms with E-state index in [1.807, 2.05) is 38.1 Å². The number of fused-ring (bicyclic) bond motifs is 3. The summed E-state index contributed by atoms with van der Waals surface area (Å²) in [5.41, 5.74) is 2.74. The monoisotopic (exact) mass is 318 g/mol. The van der Waals surface area contributed by atoms with Crippen LogP contribution in [0.1, 0.15) is 19.5 Å². The highest BCUT2D eigenvalue weighted by molar-refractivity contribution is 7.53. The molecule has 0 bridgehead atoms. The van der Waals surface area contributed by atoms with Crippen molar-refractivity contribution in [3.05, 3.63) is 42.2 Å². The normalized spacial score (nSPS) is 12.3. The molecule has 3 aromatic rings. The minimum Gasteiger partial charge on any atom is -0.353 e. The molecule has 3 rings (SSSR count). The van der Waals surface area contributed by atoms with Crippen LogP contribution in [0, 0.1) is 0 Å². The molecule has 2 heterocycles. The smallest absolute Gasteiger partial charge is 0.336 e. The molecule has 0 aliphatic rings. The van der Waals surface area contributed by atoms with Gasteiger partial charge >= 0.3 is 7.60 Å². The SMILES string of the molecule is CCOP(=O)(Cc1cc2c(cn1)[nH]c1ccccc12)OCC. The maximum absolute atomic E-state index is 12.6. The first-order chi connectivity index (χ1) is 10.6. The lowest BCUT2D eigenvalue weighted by atomic mass is 10.2. The second-order valence-electron chi connectivity index (χ2n) is 5.00. The number of aromatic nitrogens is 2. The van der Waals surface area contributed by atoms with E-state index in [4.69, 9.17) is 9.05 Å². The zero-order chi connectivity index (χ0) is 15.6. The van der Waals surface area contributed by atoms with Gasteiger partial charge in [0.15, 0.2) is 0 Å². The zero-order valence-corrected chi connectivity index (χ0v) is 13.6. The van der Waals surface area contributed by atoms with Crippen LogP contribution in [0.3, 0.4) is 0 Å². The van der Waals surface area contributed by atoms with Gasteiger partial charge in [0.1, 0.15) is 0 Å². The molecule has 1 aromatic carbocycles. The quantitative estimate of drug-likeness (QED) is 0.680. The van der Waals surface area contributed by atoms with Crippen LogP contribution in [0.25, 0.3) is 21.8 Å². The van der Waals surface area contributed by atoms with Gasteiger partial charge in [-0.05, 0) is 26.0 Å². The lowest BCUT2D eigenvalue weighted by molar-refractivity contribution is 0.219. The summed E-state index contributed by atoms with van der Waals surface area (Å²) in [6, 6.07) is 10.0. The van der Waals surface area contributed by atoms with E-state index in [1.165, 1.54) is 0 Å². The first kappa shape index (κ1) is 15.2. The molecular formula is C16H19N2O3P. The van der Waals surface area contributed by atoms with Crippen molar-refractivity contribution >= 4 is 29.4 Å². The summed E-state index contributed by atoms with van der Waals surface area (Å²) in [6.07, 6.45) is 1.96. The van der Waals surface area contributed by atoms with Gasteiger partial charge in [0, 0.05) is 16.3 Å². The van der Waals surface area contributed by atoms with Gasteiger partial charge in [-0.15, -0.1) is 0 Å². The van der Waals surface area contributed by atoms with Crippen LogP contribution < -0.4 is 0 Å². The number of pyridine rings is 1. The van der Waals surface area contributed by atoms with Crippen LogP contribution in [0.4, 0.5) is 0 Å². The highest BCUT2D eigenvalue weighted by atomic mass is 31.2. The number of H-pyrrole nitrogens is 1. The van der Waals surface area contributed by atoms with E-state index < -0.39 is 7.60 Å². The molecular weight excluding hydrogens is 299 g/mol. The summed E-state index contributed by atoms with van der Waals surface area (Å²) in [6.45, 7) is 4.32. The summed E-state index contributed by atoms with van der Waals surface area (Å²) in [4.78, 5) is 7.71. The standard InChI is InChI=1S/C16H19N2O3P/c1-3-20-22(19,21-4-2)11-12-9-14-13-7-5-6-8-15(13)18-16(14)10-17-12/h5-10,18H,3-4,11H2,1-2H3. The molecule has 2 aromatic heterocycles. The Balaban J connectivity index is 2.00. The second-order valence-corrected chi connectivity index (χ2v) is 7.05. The van der Waals surface area contributed by atoms with Crippen molar-refractivity contribution < 1.29 is 13.6 Å². The van der Waals surface area contributed by atoms with Crippen molar-refractivity contribution in [3.63, 3.8) is 0 Å². The Labute approximate surface area is 129 Å². The Morgan fingerprint density at radius 3 is 2.55 bits per heavy atom. The first-order valence-corrected chi connectivity index (χ1v) is 9.11. The Hall–Kier alpha value is -1.68. The van der Waals surface area contributed by atoms with Gasteiger partial charge in [-0.3, -0.25) is 9.55 Å². The van der Waals surface area contributed by atoms with Gasteiger partial charge in [-0.2, -0.15) is 0 Å². The third kappa shape index (κ3) is 2.93. The summed E-state index contributed by atoms with van der Waals surface area (Å²) >= 11 is 0. The van der Waals surface area contributed by atoms with E-state index in [9.17, 15) is 4.57 Å². The molecule has 22 heavy (non-hydrogen) atoms. The van der Waals surface area contributed by atoms with Gasteiger partial charge in [0.2, 0.25) is 0 Å². The van der Waals surface area contributed by atoms with Crippen molar-refractivity contribution in [1.82, 2.24) is 9.97 Å². The van der Waals surface area contributed by atoms with Crippen molar-refractivity contribution in [2.24, 2.45) is 0 Å². The average Bonchev–Trinajstić information content (AvgIpc) is 2.85. The van der Waals surface area contributed by atoms with E-state index in [0.717, 1.165) is 21.8 Å². The molecule has 1 N–H and O–H groups in total. The van der Waals surface area contributed by atoms with Crippen LogP contribution in [-0.4, -0.2) is 23.2 Å². The Morgan fingerprint density at radius 1 is 1.09 bits per heavy atom. The molecule has 0 fully saturated rings. The summed E-state index contributed by atoms with van der Waals surface area (Å²) in [5, 5.41) is 2.20. The second kappa shape index (κ2) is 6.21. The van der Waals surface area contributed by atoms with Gasteiger partial charge in [-0.25, -0.2) is 0 Å². The van der Waals surface area contributed by atoms with Gasteiger partial charge in [-0.1, -0.05) is 18.2 Å². The lowest BCUT2D eigenvalue weighted by Crippen LogP contribution is -2.00. The predicted octanol–water partition coefficient (Wildman–Crippen LogP) is 4.48. The average molecular weight is 318 g/mol. The summed E-state index contributed by atoms with van der Waals surface area (Å²) in [5.74, 6) is 0. The number of hydrogen-bond acceptors (Lipinski definition) is 4. The number of para-hydroxylation sites is 1. The zero-order valence-electron chi connectivity index (χ0n) is 12.7. The maximum atomic E-state index is 12.6. The fourth-order valence-electron chi connectivity index (χ4n) is 2.60. The van der Waals surface area contributed by atoms with E-state index in [0.29, 0.717) is 18.9 Å². The summed E-state index contributed by atoms with van der Waals surface area (Å²) < 4.78 is 23.3. The first-order valence-electron chi connectivity index (χ1n) is 7.38. The van der Waals surface area contributed by atoms with E-state index >= 15 is 0 Å². The number of nitrogens with zero attached hydrogens (tertiary/aromatic N) is 1. The molecule has 0 atom stereocenters. The van der Waals surface area contributed by atoms with E-state index in [2.05, 4.69) is 16.0 Å². The Morgan fingerprint density at radius 2 is 1.82 bits per heavy atom. The summed E-state index contributed by atoms with van der Waals surface area (Å²) in [7, 11) is -3.13. The molecule has 0 saturated heterocycles. The highest BCUT2D eigenvalue weighted by Crippen LogP contribution is 2.51. The minimum atomic E-state index is -3.13. The minimum absolute atomic E-state index is 0.185. The molecule has 0 spiro atoms. The van der Waals surface area contributed by atoms with E-state index in [-0.39, 0.29) is 6.16 Å². The lowest BCUT2D eigenvalue weighted by Gasteiger charge is -2.16. The topological polar surface area (TPSA) is 64.2 Å². The molecule has 0 radical (unpaired) electrons. The molecule has 5 nitrogen and oxygen atoms in total. The number of hydrogen-bond donors (Lipinski definition) is 1. The van der Waals surface area contributed by atoms with Crippen molar-refractivity contribution in [2.75, 3.05) is 13.2 Å². The van der Waals surface area contributed by atoms with Crippen molar-refractivity contribution in [1.29, 1.82) is 0 Å². The molecule has 0 aliphatic heterocycles. The molecule has 0 amide bonds. The largest absolute Gasteiger partial charge is 0.353 e. The fraction of sp³-hybridized carbons (Fsp3) is 0.312. The third-order valence-electron chi connectivity index (χ3n) is 3.45. The van der Waals surface area contributed by atoms with Crippen LogP contribution in [-0.2, 0) is 19.8 Å². The van der Waals surface area contributed by atoms with Crippen LogP contribution in [0.5, 0.6) is 0 Å². The number of nitrogens with one attached hydrogen (secondary N) is 1. The van der Waals surface area contributed by atoms with Gasteiger partial charge in [0.05, 0.1) is 36.8 Å². The van der Waals surface area contributed by atoms with Crippen molar-refractivity contribution in [2.45, 2.75) is 20.0 Å². The fourth-order valence-corrected chi connectivity index (χ4v) is 4.21. The molecule has 6 heteroatoms. The molecule has 0 aliphatic carbocycles. The molecule has 116 valence electrons. The van der Waals surface area contributed by atoms with Gasteiger partial charge < -0.3 is 14.0 Å². The molecule has 0 unspecified atom stereocenters. The Bertz CT molecular complexity index is 834. The number of benzene rings is 1. The van der Waals surface area contributed by atoms with E-state index in [1.54, 1.807) is 6.20 Å². The number of rotatable bonds is 6.